The summed E-state index contributed by atoms with van der Waals surface area (Å²) in [5, 5.41) is 0. The number of allylic oxidation sites excluding steroid dienone is 5. The second-order valence-corrected chi connectivity index (χ2v) is 5.24. The summed E-state index contributed by atoms with van der Waals surface area (Å²) in [5.74, 6) is 6.15. The summed E-state index contributed by atoms with van der Waals surface area (Å²) in [6, 6.07) is 2.14. The van der Waals surface area contributed by atoms with E-state index in [-0.39, 0.29) is 0 Å². The molecule has 1 aromatic rings. The number of nitrogens with zero attached hydrogens (tertiary/aromatic N) is 1. The highest BCUT2D eigenvalue weighted by molar-refractivity contribution is 5.51. The molecule has 106 valence electrons. The first-order valence-corrected chi connectivity index (χ1v) is 7.27. The van der Waals surface area contributed by atoms with Gasteiger partial charge in [-0.25, -0.2) is 0 Å². The molecule has 1 heteroatoms. The highest BCUT2D eigenvalue weighted by atomic mass is 14.9. The van der Waals surface area contributed by atoms with E-state index < -0.39 is 0 Å². The van der Waals surface area contributed by atoms with Crippen LogP contribution in [0.25, 0.3) is 6.08 Å². The number of hydrogen-bond donors (Lipinski definition) is 0. The first-order chi connectivity index (χ1) is 9.61. The molecule has 1 heterocycles. The maximum atomic E-state index is 3.11. The van der Waals surface area contributed by atoms with Gasteiger partial charge in [0.1, 0.15) is 0 Å². The van der Waals surface area contributed by atoms with Gasteiger partial charge in [0.2, 0.25) is 0 Å². The molecule has 0 aliphatic rings. The van der Waals surface area contributed by atoms with Crippen molar-refractivity contribution >= 4 is 6.08 Å². The summed E-state index contributed by atoms with van der Waals surface area (Å²) in [4.78, 5) is 0. The van der Waals surface area contributed by atoms with Gasteiger partial charge in [-0.15, -0.1) is 0 Å². The van der Waals surface area contributed by atoms with Crippen molar-refractivity contribution in [2.75, 3.05) is 0 Å². The van der Waals surface area contributed by atoms with Crippen LogP contribution in [0.3, 0.4) is 0 Å². The molecule has 20 heavy (non-hydrogen) atoms. The minimum atomic E-state index is 1.07. The third-order valence-electron chi connectivity index (χ3n) is 2.81. The van der Waals surface area contributed by atoms with Gasteiger partial charge in [0.15, 0.2) is 0 Å². The van der Waals surface area contributed by atoms with Crippen LogP contribution in [0.2, 0.25) is 0 Å². The third kappa shape index (κ3) is 6.85. The Kier molecular flexibility index (Phi) is 7.29. The molecule has 0 saturated heterocycles. The lowest BCUT2D eigenvalue weighted by molar-refractivity contribution is 0.635. The minimum absolute atomic E-state index is 1.07. The topological polar surface area (TPSA) is 4.93 Å². The molecule has 0 bridgehead atoms. The largest absolute Gasteiger partial charge is 0.354 e. The molecule has 1 aromatic heterocycles. The monoisotopic (exact) mass is 267 g/mol. The van der Waals surface area contributed by atoms with Gasteiger partial charge in [0.05, 0.1) is 0 Å². The Balaban J connectivity index is 2.56. The van der Waals surface area contributed by atoms with Crippen molar-refractivity contribution in [1.29, 1.82) is 0 Å². The molecule has 0 fully saturated rings. The van der Waals surface area contributed by atoms with Crippen LogP contribution in [0.1, 0.15) is 46.1 Å². The fourth-order valence-electron chi connectivity index (χ4n) is 1.68. The molecule has 0 unspecified atom stereocenters. The molecule has 0 aromatic carbocycles. The van der Waals surface area contributed by atoms with Crippen molar-refractivity contribution in [2.24, 2.45) is 0 Å². The van der Waals surface area contributed by atoms with Crippen LogP contribution >= 0.6 is 0 Å². The first kappa shape index (κ1) is 16.1. The fourth-order valence-corrected chi connectivity index (χ4v) is 1.68. The highest BCUT2D eigenvalue weighted by Gasteiger charge is 1.92. The smallest absolute Gasteiger partial charge is 0.0219 e. The molecule has 1 nitrogen and oxygen atoms in total. The average Bonchev–Trinajstić information content (AvgIpc) is 2.84. The third-order valence-corrected chi connectivity index (χ3v) is 2.81. The SMILES string of the molecule is CCCCn1ccc(/C=C/C=C(/C)C#CC=C(C)C)c1. The van der Waals surface area contributed by atoms with Crippen LogP contribution < -0.4 is 0 Å². The number of hydrogen-bond acceptors (Lipinski definition) is 0. The van der Waals surface area contributed by atoms with E-state index in [9.17, 15) is 0 Å². The second kappa shape index (κ2) is 9.04. The first-order valence-electron chi connectivity index (χ1n) is 7.27. The average molecular weight is 267 g/mol. The zero-order chi connectivity index (χ0) is 14.8. The standard InChI is InChI=1S/C19H25N/c1-5-6-14-20-15-13-19(16-20)12-8-11-18(4)10-7-9-17(2)3/h8-9,11-13,15-16H,5-6,14H2,1-4H3/b12-8+,18-11-. The van der Waals surface area contributed by atoms with Crippen molar-refractivity contribution in [3.63, 3.8) is 0 Å². The van der Waals surface area contributed by atoms with Gasteiger partial charge in [-0.3, -0.25) is 0 Å². The van der Waals surface area contributed by atoms with E-state index in [1.165, 1.54) is 24.0 Å². The van der Waals surface area contributed by atoms with E-state index in [4.69, 9.17) is 0 Å². The van der Waals surface area contributed by atoms with Crippen molar-refractivity contribution in [3.05, 3.63) is 53.4 Å². The van der Waals surface area contributed by atoms with Crippen molar-refractivity contribution in [2.45, 2.75) is 47.1 Å². The number of aromatic nitrogens is 1. The molecule has 0 amide bonds. The maximum absolute atomic E-state index is 3.11. The van der Waals surface area contributed by atoms with Gasteiger partial charge >= 0.3 is 0 Å². The molecular formula is C19H25N. The summed E-state index contributed by atoms with van der Waals surface area (Å²) < 4.78 is 2.24. The van der Waals surface area contributed by atoms with Crippen LogP contribution in [0.15, 0.2) is 47.8 Å². The van der Waals surface area contributed by atoms with E-state index in [2.05, 4.69) is 73.9 Å². The van der Waals surface area contributed by atoms with E-state index >= 15 is 0 Å². The van der Waals surface area contributed by atoms with Crippen molar-refractivity contribution in [1.82, 2.24) is 4.57 Å². The molecule has 0 saturated carbocycles. The van der Waals surface area contributed by atoms with Crippen LogP contribution in [-0.2, 0) is 6.54 Å². The Labute approximate surface area is 123 Å². The molecule has 1 rings (SSSR count). The van der Waals surface area contributed by atoms with E-state index in [0.29, 0.717) is 0 Å². The van der Waals surface area contributed by atoms with Crippen LogP contribution in [0, 0.1) is 11.8 Å². The Morgan fingerprint density at radius 1 is 1.30 bits per heavy atom. The Morgan fingerprint density at radius 2 is 2.10 bits per heavy atom. The van der Waals surface area contributed by atoms with Gasteiger partial charge in [-0.1, -0.05) is 49.0 Å². The molecular weight excluding hydrogens is 242 g/mol. The second-order valence-electron chi connectivity index (χ2n) is 5.24. The summed E-state index contributed by atoms with van der Waals surface area (Å²) in [6.07, 6.45) is 15.0. The van der Waals surface area contributed by atoms with Gasteiger partial charge in [-0.2, -0.15) is 0 Å². The highest BCUT2D eigenvalue weighted by Crippen LogP contribution is 2.06. The number of unbranched alkanes of at least 4 members (excludes halogenated alkanes) is 1. The summed E-state index contributed by atoms with van der Waals surface area (Å²) in [7, 11) is 0. The summed E-state index contributed by atoms with van der Waals surface area (Å²) in [5.41, 5.74) is 3.54. The van der Waals surface area contributed by atoms with Crippen LogP contribution in [0.4, 0.5) is 0 Å². The quantitative estimate of drug-likeness (QED) is 0.509. The number of rotatable bonds is 5. The molecule has 0 atom stereocenters. The van der Waals surface area contributed by atoms with Crippen LogP contribution in [-0.4, -0.2) is 4.57 Å². The Morgan fingerprint density at radius 3 is 2.80 bits per heavy atom. The van der Waals surface area contributed by atoms with Crippen molar-refractivity contribution in [3.8, 4) is 11.8 Å². The fraction of sp³-hybridized carbons (Fsp3) is 0.368. The lowest BCUT2D eigenvalue weighted by Crippen LogP contribution is -1.92. The summed E-state index contributed by atoms with van der Waals surface area (Å²) >= 11 is 0. The van der Waals surface area contributed by atoms with Gasteiger partial charge < -0.3 is 4.57 Å². The van der Waals surface area contributed by atoms with Crippen molar-refractivity contribution < 1.29 is 0 Å². The molecule has 0 aliphatic heterocycles. The van der Waals surface area contributed by atoms with Gasteiger partial charge in [-0.05, 0) is 50.5 Å². The van der Waals surface area contributed by atoms with E-state index in [1.54, 1.807) is 0 Å². The zero-order valence-electron chi connectivity index (χ0n) is 13.1. The lowest BCUT2D eigenvalue weighted by Gasteiger charge is -1.98. The van der Waals surface area contributed by atoms with Crippen LogP contribution in [0.5, 0.6) is 0 Å². The minimum Gasteiger partial charge on any atom is -0.354 e. The predicted molar refractivity (Wildman–Crippen MR) is 89.3 cm³/mol. The Hall–Kier alpha value is -1.94. The van der Waals surface area contributed by atoms with Gasteiger partial charge in [0.25, 0.3) is 0 Å². The van der Waals surface area contributed by atoms with E-state index in [1.807, 2.05) is 13.0 Å². The lowest BCUT2D eigenvalue weighted by atomic mass is 10.2. The molecule has 0 N–H and O–H groups in total. The number of aryl methyl sites for hydroxylation is 1. The normalized spacial score (nSPS) is 11.3. The van der Waals surface area contributed by atoms with Gasteiger partial charge in [0, 0.05) is 18.9 Å². The predicted octanol–water partition coefficient (Wildman–Crippen LogP) is 5.22. The molecule has 0 radical (unpaired) electrons. The maximum Gasteiger partial charge on any atom is 0.0219 e. The zero-order valence-corrected chi connectivity index (χ0v) is 13.1. The van der Waals surface area contributed by atoms with E-state index in [0.717, 1.165) is 12.1 Å². The summed E-state index contributed by atoms with van der Waals surface area (Å²) in [6.45, 7) is 9.46. The Bertz CT molecular complexity index is 552. The molecule has 0 aliphatic carbocycles. The molecule has 0 spiro atoms.